The third kappa shape index (κ3) is 4.01. The van der Waals surface area contributed by atoms with Crippen LogP contribution in [0.25, 0.3) is 10.9 Å². The fourth-order valence-corrected chi connectivity index (χ4v) is 5.26. The molecule has 1 aliphatic rings. The van der Waals surface area contributed by atoms with E-state index < -0.39 is 5.97 Å². The van der Waals surface area contributed by atoms with Gasteiger partial charge in [0.05, 0.1) is 5.56 Å². The fraction of sp³-hybridized carbons (Fsp3) is 0.423. The van der Waals surface area contributed by atoms with Crippen molar-refractivity contribution in [2.24, 2.45) is 5.92 Å². The van der Waals surface area contributed by atoms with Crippen LogP contribution in [0, 0.1) is 19.8 Å². The molecule has 0 saturated carbocycles. The van der Waals surface area contributed by atoms with Gasteiger partial charge >= 0.3 is 5.97 Å². The van der Waals surface area contributed by atoms with Crippen LogP contribution in [0.5, 0.6) is 0 Å². The van der Waals surface area contributed by atoms with Crippen molar-refractivity contribution in [3.63, 3.8) is 0 Å². The number of H-pyrrole nitrogens is 1. The molecule has 0 radical (unpaired) electrons. The summed E-state index contributed by atoms with van der Waals surface area (Å²) in [6.07, 6.45) is 5.44. The Labute approximate surface area is 178 Å². The van der Waals surface area contributed by atoms with E-state index in [9.17, 15) is 9.90 Å². The van der Waals surface area contributed by atoms with Crippen molar-refractivity contribution < 1.29 is 9.90 Å². The molecule has 1 saturated heterocycles. The Morgan fingerprint density at radius 3 is 2.63 bits per heavy atom. The summed E-state index contributed by atoms with van der Waals surface area (Å²) in [5.41, 5.74) is 7.01. The zero-order chi connectivity index (χ0) is 21.3. The Morgan fingerprint density at radius 2 is 1.93 bits per heavy atom. The first kappa shape index (κ1) is 20.7. The van der Waals surface area contributed by atoms with Crippen molar-refractivity contribution in [3.8, 4) is 0 Å². The van der Waals surface area contributed by atoms with Crippen molar-refractivity contribution in [3.05, 3.63) is 70.4 Å². The number of rotatable bonds is 6. The quantitative estimate of drug-likeness (QED) is 0.567. The maximum absolute atomic E-state index is 11.3. The number of nitrogens with zero attached hydrogens (tertiary/aromatic N) is 1. The van der Waals surface area contributed by atoms with Crippen LogP contribution in [0.3, 0.4) is 0 Å². The molecule has 1 aliphatic heterocycles. The summed E-state index contributed by atoms with van der Waals surface area (Å²) >= 11 is 0. The average Bonchev–Trinajstić information content (AvgIpc) is 3.22. The SMILES string of the molecule is CCCN1CCC(Cc2c(C)cc(C)c3[nH]ccc23)C(c2ccc(C(=O)O)cc2)C1. The number of fused-ring (bicyclic) bond motifs is 1. The highest BCUT2D eigenvalue weighted by Gasteiger charge is 2.31. The third-order valence-corrected chi connectivity index (χ3v) is 6.81. The number of aromatic carboxylic acids is 1. The lowest BCUT2D eigenvalue weighted by Crippen LogP contribution is -2.40. The van der Waals surface area contributed by atoms with Gasteiger partial charge in [0.2, 0.25) is 0 Å². The summed E-state index contributed by atoms with van der Waals surface area (Å²) in [6.45, 7) is 9.96. The lowest BCUT2D eigenvalue weighted by Gasteiger charge is -2.39. The van der Waals surface area contributed by atoms with Crippen LogP contribution in [0.4, 0.5) is 0 Å². The Kier molecular flexibility index (Phi) is 5.96. The Balaban J connectivity index is 1.67. The van der Waals surface area contributed by atoms with E-state index in [-0.39, 0.29) is 0 Å². The van der Waals surface area contributed by atoms with Crippen molar-refractivity contribution >= 4 is 16.9 Å². The standard InChI is InChI=1S/C26H32N2O2/c1-4-12-28-13-10-21(24(16-28)19-5-7-20(8-6-19)26(29)30)15-23-17(2)14-18(3)25-22(23)9-11-27-25/h5-9,11,14,21,24,27H,4,10,12-13,15-16H2,1-3H3,(H,29,30). The molecule has 2 unspecified atom stereocenters. The summed E-state index contributed by atoms with van der Waals surface area (Å²) in [5.74, 6) is 0.107. The van der Waals surface area contributed by atoms with Crippen LogP contribution in [0.1, 0.15) is 58.3 Å². The fourth-order valence-electron chi connectivity index (χ4n) is 5.26. The first-order valence-corrected chi connectivity index (χ1v) is 11.1. The molecular formula is C26H32N2O2. The lowest BCUT2D eigenvalue weighted by atomic mass is 9.76. The topological polar surface area (TPSA) is 56.3 Å². The summed E-state index contributed by atoms with van der Waals surface area (Å²) in [7, 11) is 0. The molecule has 158 valence electrons. The van der Waals surface area contributed by atoms with E-state index in [1.807, 2.05) is 18.3 Å². The number of aryl methyl sites for hydroxylation is 2. The number of carbonyl (C=O) groups is 1. The van der Waals surface area contributed by atoms with Crippen LogP contribution in [-0.4, -0.2) is 40.6 Å². The molecular weight excluding hydrogens is 372 g/mol. The first-order valence-electron chi connectivity index (χ1n) is 11.1. The molecule has 3 aromatic rings. The number of carboxylic acids is 1. The summed E-state index contributed by atoms with van der Waals surface area (Å²) in [5, 5.41) is 10.6. The van der Waals surface area contributed by atoms with Gasteiger partial charge in [0.25, 0.3) is 0 Å². The molecule has 0 aliphatic carbocycles. The summed E-state index contributed by atoms with van der Waals surface area (Å²) < 4.78 is 0. The minimum absolute atomic E-state index is 0.361. The van der Waals surface area contributed by atoms with E-state index in [0.29, 0.717) is 17.4 Å². The van der Waals surface area contributed by atoms with Crippen molar-refractivity contribution in [2.45, 2.75) is 46.0 Å². The molecule has 2 aromatic carbocycles. The molecule has 0 spiro atoms. The number of benzene rings is 2. The smallest absolute Gasteiger partial charge is 0.335 e. The number of carboxylic acid groups (broad SMARTS) is 1. The molecule has 2 heterocycles. The number of aromatic nitrogens is 1. The van der Waals surface area contributed by atoms with Gasteiger partial charge in [0, 0.05) is 23.6 Å². The summed E-state index contributed by atoms with van der Waals surface area (Å²) in [6, 6.07) is 12.1. The molecule has 2 N–H and O–H groups in total. The summed E-state index contributed by atoms with van der Waals surface area (Å²) in [4.78, 5) is 17.3. The van der Waals surface area contributed by atoms with E-state index in [2.05, 4.69) is 42.8 Å². The highest BCUT2D eigenvalue weighted by molar-refractivity contribution is 5.88. The maximum atomic E-state index is 11.3. The first-order chi connectivity index (χ1) is 14.5. The zero-order valence-corrected chi connectivity index (χ0v) is 18.2. The van der Waals surface area contributed by atoms with Gasteiger partial charge in [-0.1, -0.05) is 25.1 Å². The monoisotopic (exact) mass is 404 g/mol. The molecule has 0 bridgehead atoms. The maximum Gasteiger partial charge on any atom is 0.335 e. The van der Waals surface area contributed by atoms with Gasteiger partial charge < -0.3 is 15.0 Å². The number of piperidine rings is 1. The van der Waals surface area contributed by atoms with Gasteiger partial charge in [0.1, 0.15) is 0 Å². The van der Waals surface area contributed by atoms with E-state index in [0.717, 1.165) is 32.5 Å². The second kappa shape index (κ2) is 8.65. The Morgan fingerprint density at radius 1 is 1.17 bits per heavy atom. The largest absolute Gasteiger partial charge is 0.478 e. The molecule has 1 fully saturated rings. The second-order valence-corrected chi connectivity index (χ2v) is 8.84. The highest BCUT2D eigenvalue weighted by atomic mass is 16.4. The van der Waals surface area contributed by atoms with Crippen molar-refractivity contribution in [1.82, 2.24) is 9.88 Å². The Bertz CT molecular complexity index is 1040. The van der Waals surface area contributed by atoms with Gasteiger partial charge in [-0.25, -0.2) is 4.79 Å². The van der Waals surface area contributed by atoms with Crippen molar-refractivity contribution in [1.29, 1.82) is 0 Å². The second-order valence-electron chi connectivity index (χ2n) is 8.84. The van der Waals surface area contributed by atoms with Crippen LogP contribution in [0.2, 0.25) is 0 Å². The number of nitrogens with one attached hydrogen (secondary N) is 1. The molecule has 4 heteroatoms. The van der Waals surface area contributed by atoms with Gasteiger partial charge in [0.15, 0.2) is 0 Å². The molecule has 4 rings (SSSR count). The molecule has 1 aromatic heterocycles. The van der Waals surface area contributed by atoms with E-state index in [4.69, 9.17) is 0 Å². The van der Waals surface area contributed by atoms with Gasteiger partial charge in [-0.3, -0.25) is 0 Å². The molecule has 30 heavy (non-hydrogen) atoms. The number of hydrogen-bond acceptors (Lipinski definition) is 2. The van der Waals surface area contributed by atoms with Crippen LogP contribution in [0.15, 0.2) is 42.6 Å². The van der Waals surface area contributed by atoms with E-state index in [1.54, 1.807) is 12.1 Å². The van der Waals surface area contributed by atoms with E-state index in [1.165, 1.54) is 39.6 Å². The average molecular weight is 405 g/mol. The van der Waals surface area contributed by atoms with E-state index >= 15 is 0 Å². The molecule has 4 nitrogen and oxygen atoms in total. The number of aromatic amines is 1. The van der Waals surface area contributed by atoms with Crippen molar-refractivity contribution in [2.75, 3.05) is 19.6 Å². The Hall–Kier alpha value is -2.59. The van der Waals surface area contributed by atoms with Gasteiger partial charge in [-0.05, 0) is 98.5 Å². The molecule has 0 amide bonds. The van der Waals surface area contributed by atoms with Crippen LogP contribution >= 0.6 is 0 Å². The number of likely N-dealkylation sites (tertiary alicyclic amines) is 1. The highest BCUT2D eigenvalue weighted by Crippen LogP contribution is 2.37. The van der Waals surface area contributed by atoms with Crippen LogP contribution in [-0.2, 0) is 6.42 Å². The normalized spacial score (nSPS) is 20.0. The number of hydrogen-bond donors (Lipinski definition) is 2. The minimum atomic E-state index is -0.862. The third-order valence-electron chi connectivity index (χ3n) is 6.81. The predicted molar refractivity (Wildman–Crippen MR) is 122 cm³/mol. The predicted octanol–water partition coefficient (Wildman–Crippen LogP) is 5.54. The minimum Gasteiger partial charge on any atom is -0.478 e. The molecule has 2 atom stereocenters. The zero-order valence-electron chi connectivity index (χ0n) is 18.2. The van der Waals surface area contributed by atoms with Crippen LogP contribution < -0.4 is 0 Å². The van der Waals surface area contributed by atoms with Gasteiger partial charge in [-0.2, -0.15) is 0 Å². The lowest BCUT2D eigenvalue weighted by molar-refractivity contribution is 0.0697. The van der Waals surface area contributed by atoms with Gasteiger partial charge in [-0.15, -0.1) is 0 Å².